The van der Waals surface area contributed by atoms with E-state index >= 15 is 0 Å². The minimum Gasteiger partial charge on any atom is -0.481 e. The van der Waals surface area contributed by atoms with Crippen LogP contribution in [0.15, 0.2) is 29.8 Å². The summed E-state index contributed by atoms with van der Waals surface area (Å²) < 4.78 is 0. The molecule has 33 heavy (non-hydrogen) atoms. The third-order valence-corrected chi connectivity index (χ3v) is 7.38. The van der Waals surface area contributed by atoms with Crippen molar-refractivity contribution in [2.45, 2.75) is 64.5 Å². The van der Waals surface area contributed by atoms with Crippen LogP contribution in [0.3, 0.4) is 0 Å². The molecule has 0 bridgehead atoms. The van der Waals surface area contributed by atoms with Crippen molar-refractivity contribution in [3.63, 3.8) is 0 Å². The van der Waals surface area contributed by atoms with Crippen LogP contribution in [0.1, 0.15) is 56.1 Å². The van der Waals surface area contributed by atoms with Gasteiger partial charge in [0.1, 0.15) is 0 Å². The lowest BCUT2D eigenvalue weighted by molar-refractivity contribution is -0.138. The van der Waals surface area contributed by atoms with Crippen molar-refractivity contribution in [3.8, 4) is 0 Å². The SMILES string of the molecule is Cc1cccc(Cl)c1CN1CCC(CC(=O)O)C1.O=CNC1CCN(CC2=CCCC2)CC1. The normalized spacial score (nSPS) is 21.9. The predicted octanol–water partition coefficient (Wildman–Crippen LogP) is 4.25. The van der Waals surface area contributed by atoms with Crippen molar-refractivity contribution >= 4 is 24.0 Å². The van der Waals surface area contributed by atoms with Crippen molar-refractivity contribution in [2.24, 2.45) is 5.92 Å². The molecule has 2 heterocycles. The first-order chi connectivity index (χ1) is 15.9. The second kappa shape index (κ2) is 13.1. The highest BCUT2D eigenvalue weighted by Crippen LogP contribution is 2.26. The molecular weight excluding hydrogens is 438 g/mol. The first-order valence-corrected chi connectivity index (χ1v) is 12.6. The minimum atomic E-state index is -0.698. The van der Waals surface area contributed by atoms with Gasteiger partial charge in [-0.15, -0.1) is 0 Å². The van der Waals surface area contributed by atoms with Crippen LogP contribution in [0.2, 0.25) is 5.02 Å². The molecule has 2 N–H and O–H groups in total. The van der Waals surface area contributed by atoms with Crippen LogP contribution in [-0.4, -0.2) is 66.1 Å². The van der Waals surface area contributed by atoms with Crippen LogP contribution in [0.5, 0.6) is 0 Å². The number of carbonyl (C=O) groups excluding carboxylic acids is 1. The summed E-state index contributed by atoms with van der Waals surface area (Å²) in [5.74, 6) is -0.416. The van der Waals surface area contributed by atoms with Gasteiger partial charge >= 0.3 is 5.97 Å². The minimum absolute atomic E-state index is 0.276. The number of halogens is 1. The van der Waals surface area contributed by atoms with Gasteiger partial charge < -0.3 is 10.4 Å². The lowest BCUT2D eigenvalue weighted by Crippen LogP contribution is -2.42. The van der Waals surface area contributed by atoms with E-state index in [2.05, 4.69) is 34.2 Å². The Morgan fingerprint density at radius 2 is 1.94 bits per heavy atom. The van der Waals surface area contributed by atoms with E-state index in [4.69, 9.17) is 16.7 Å². The third kappa shape index (κ3) is 8.43. The number of nitrogens with one attached hydrogen (secondary N) is 1. The fourth-order valence-corrected chi connectivity index (χ4v) is 5.36. The van der Waals surface area contributed by atoms with E-state index in [1.54, 1.807) is 5.57 Å². The van der Waals surface area contributed by atoms with Gasteiger partial charge in [0.25, 0.3) is 0 Å². The van der Waals surface area contributed by atoms with E-state index < -0.39 is 5.97 Å². The molecule has 0 radical (unpaired) electrons. The summed E-state index contributed by atoms with van der Waals surface area (Å²) in [5.41, 5.74) is 3.98. The quantitative estimate of drug-likeness (QED) is 0.434. The molecule has 182 valence electrons. The number of nitrogens with zero attached hydrogens (tertiary/aromatic N) is 2. The maximum atomic E-state index is 10.7. The summed E-state index contributed by atoms with van der Waals surface area (Å²) in [6.45, 7) is 8.12. The highest BCUT2D eigenvalue weighted by atomic mass is 35.5. The highest BCUT2D eigenvalue weighted by molar-refractivity contribution is 6.31. The van der Waals surface area contributed by atoms with Gasteiger partial charge in [-0.2, -0.15) is 0 Å². The number of rotatable bonds is 8. The van der Waals surface area contributed by atoms with Gasteiger partial charge in [-0.1, -0.05) is 35.4 Å². The molecule has 7 heteroatoms. The fraction of sp³-hybridized carbons (Fsp3) is 0.615. The second-order valence-corrected chi connectivity index (χ2v) is 10.0. The molecule has 4 rings (SSSR count). The number of carbonyl (C=O) groups is 2. The summed E-state index contributed by atoms with van der Waals surface area (Å²) in [7, 11) is 0. The molecule has 1 amide bonds. The largest absolute Gasteiger partial charge is 0.481 e. The maximum Gasteiger partial charge on any atom is 0.303 e. The lowest BCUT2D eigenvalue weighted by atomic mass is 10.0. The van der Waals surface area contributed by atoms with Gasteiger partial charge in [0.15, 0.2) is 0 Å². The number of hydrogen-bond donors (Lipinski definition) is 2. The monoisotopic (exact) mass is 475 g/mol. The van der Waals surface area contributed by atoms with E-state index in [9.17, 15) is 9.59 Å². The third-order valence-electron chi connectivity index (χ3n) is 7.02. The molecule has 3 aliphatic rings. The topological polar surface area (TPSA) is 72.9 Å². The van der Waals surface area contributed by atoms with Crippen molar-refractivity contribution < 1.29 is 14.7 Å². The lowest BCUT2D eigenvalue weighted by Gasteiger charge is -2.31. The van der Waals surface area contributed by atoms with Crippen LogP contribution in [0.4, 0.5) is 0 Å². The summed E-state index contributed by atoms with van der Waals surface area (Å²) in [6.07, 6.45) is 10.6. The fourth-order valence-electron chi connectivity index (χ4n) is 5.08. The summed E-state index contributed by atoms with van der Waals surface area (Å²) in [6, 6.07) is 6.34. The predicted molar refractivity (Wildman–Crippen MR) is 132 cm³/mol. The number of allylic oxidation sites excluding steroid dienone is 1. The number of benzene rings is 1. The molecule has 1 aliphatic carbocycles. The standard InChI is InChI=1S/C14H18ClNO2.C12H20N2O/c1-10-3-2-4-13(15)12(10)9-16-6-5-11(8-16)7-14(17)18;15-10-13-12-5-7-14(8-6-12)9-11-3-1-2-4-11/h2-4,11H,5-9H2,1H3,(H,17,18);3,10,12H,1-2,4-9H2,(H,13,15). The van der Waals surface area contributed by atoms with E-state index in [1.165, 1.54) is 24.8 Å². The Bertz CT molecular complexity index is 801. The Labute approximate surface area is 203 Å². The molecule has 2 fully saturated rings. The number of aryl methyl sites for hydroxylation is 1. The Morgan fingerprint density at radius 1 is 1.18 bits per heavy atom. The molecule has 1 aromatic carbocycles. The van der Waals surface area contributed by atoms with Crippen molar-refractivity contribution in [2.75, 3.05) is 32.7 Å². The number of likely N-dealkylation sites (tertiary alicyclic amines) is 2. The summed E-state index contributed by atoms with van der Waals surface area (Å²) in [4.78, 5) is 25.8. The zero-order valence-corrected chi connectivity index (χ0v) is 20.5. The number of piperidine rings is 1. The molecule has 6 nitrogen and oxygen atoms in total. The van der Waals surface area contributed by atoms with E-state index in [0.29, 0.717) is 6.04 Å². The second-order valence-electron chi connectivity index (χ2n) is 9.61. The zero-order valence-electron chi connectivity index (χ0n) is 19.8. The van der Waals surface area contributed by atoms with E-state index in [1.807, 2.05) is 12.1 Å². The van der Waals surface area contributed by atoms with Crippen LogP contribution in [-0.2, 0) is 16.1 Å². The summed E-state index contributed by atoms with van der Waals surface area (Å²) >= 11 is 6.21. The van der Waals surface area contributed by atoms with Crippen LogP contribution < -0.4 is 5.32 Å². The average Bonchev–Trinajstić information content (AvgIpc) is 3.45. The molecule has 0 spiro atoms. The van der Waals surface area contributed by atoms with Gasteiger partial charge in [0.05, 0.1) is 0 Å². The average molecular weight is 476 g/mol. The Kier molecular flexibility index (Phi) is 10.2. The molecule has 2 aliphatic heterocycles. The first kappa shape index (κ1) is 25.7. The smallest absolute Gasteiger partial charge is 0.303 e. The number of carboxylic acid groups (broad SMARTS) is 1. The molecule has 0 aromatic heterocycles. The molecule has 1 atom stereocenters. The van der Waals surface area contributed by atoms with Gasteiger partial charge in [0, 0.05) is 50.2 Å². The number of carboxylic acids is 1. The Balaban J connectivity index is 0.000000189. The molecule has 1 aromatic rings. The van der Waals surface area contributed by atoms with Crippen LogP contribution in [0.25, 0.3) is 0 Å². The van der Waals surface area contributed by atoms with E-state index in [0.717, 1.165) is 75.5 Å². The van der Waals surface area contributed by atoms with Gasteiger partial charge in [-0.05, 0) is 75.1 Å². The Hall–Kier alpha value is -1.89. The first-order valence-electron chi connectivity index (χ1n) is 12.2. The maximum absolute atomic E-state index is 10.7. The summed E-state index contributed by atoms with van der Waals surface area (Å²) in [5, 5.41) is 12.5. The molecule has 0 saturated carbocycles. The number of aliphatic carboxylic acids is 1. The highest BCUT2D eigenvalue weighted by Gasteiger charge is 2.25. The zero-order chi connectivity index (χ0) is 23.6. The van der Waals surface area contributed by atoms with Crippen molar-refractivity contribution in [1.29, 1.82) is 0 Å². The molecular formula is C26H38ClN3O3. The van der Waals surface area contributed by atoms with Crippen LogP contribution in [0, 0.1) is 12.8 Å². The molecule has 2 saturated heterocycles. The molecule has 1 unspecified atom stereocenters. The van der Waals surface area contributed by atoms with Crippen molar-refractivity contribution in [3.05, 3.63) is 46.0 Å². The van der Waals surface area contributed by atoms with Gasteiger partial charge in [0.2, 0.25) is 6.41 Å². The van der Waals surface area contributed by atoms with Crippen LogP contribution >= 0.6 is 11.6 Å². The number of hydrogen-bond acceptors (Lipinski definition) is 4. The van der Waals surface area contributed by atoms with E-state index in [-0.39, 0.29) is 12.3 Å². The van der Waals surface area contributed by atoms with Gasteiger partial charge in [-0.3, -0.25) is 19.4 Å². The Morgan fingerprint density at radius 3 is 2.58 bits per heavy atom. The van der Waals surface area contributed by atoms with Gasteiger partial charge in [-0.25, -0.2) is 0 Å². The number of amides is 1. The van der Waals surface area contributed by atoms with Crippen molar-refractivity contribution in [1.82, 2.24) is 15.1 Å².